The van der Waals surface area contributed by atoms with Gasteiger partial charge in [0, 0.05) is 39.0 Å². The summed E-state index contributed by atoms with van der Waals surface area (Å²) in [6, 6.07) is 6.69. The molecule has 0 aromatic heterocycles. The molecular weight excluding hydrogens is 319 g/mol. The summed E-state index contributed by atoms with van der Waals surface area (Å²) in [6.45, 7) is 3.01. The Labute approximate surface area is 149 Å². The van der Waals surface area contributed by atoms with Gasteiger partial charge in [0.1, 0.15) is 5.82 Å². The van der Waals surface area contributed by atoms with E-state index in [4.69, 9.17) is 0 Å². The highest BCUT2D eigenvalue weighted by molar-refractivity contribution is 5.80. The van der Waals surface area contributed by atoms with Gasteiger partial charge in [-0.3, -0.25) is 9.59 Å². The summed E-state index contributed by atoms with van der Waals surface area (Å²) in [5.41, 5.74) is 1.15. The van der Waals surface area contributed by atoms with Gasteiger partial charge in [0.05, 0.1) is 0 Å². The summed E-state index contributed by atoms with van der Waals surface area (Å²) in [5, 5.41) is 0. The lowest BCUT2D eigenvalue weighted by Crippen LogP contribution is -2.41. The Morgan fingerprint density at radius 3 is 2.68 bits per heavy atom. The maximum absolute atomic E-state index is 13.0. The molecule has 136 valence electrons. The number of rotatable bonds is 6. The van der Waals surface area contributed by atoms with Gasteiger partial charge in [0.25, 0.3) is 0 Å². The van der Waals surface area contributed by atoms with Crippen molar-refractivity contribution in [2.24, 2.45) is 5.92 Å². The molecule has 1 aromatic rings. The van der Waals surface area contributed by atoms with Crippen LogP contribution < -0.4 is 0 Å². The first kappa shape index (κ1) is 17.9. The van der Waals surface area contributed by atoms with Gasteiger partial charge < -0.3 is 9.80 Å². The Hall–Kier alpha value is -1.91. The van der Waals surface area contributed by atoms with Crippen molar-refractivity contribution in [2.75, 3.05) is 26.2 Å². The first-order valence-electron chi connectivity index (χ1n) is 9.42. The quantitative estimate of drug-likeness (QED) is 0.794. The van der Waals surface area contributed by atoms with E-state index in [2.05, 4.69) is 0 Å². The van der Waals surface area contributed by atoms with Gasteiger partial charge in [-0.05, 0) is 55.7 Å². The molecular formula is C20H27FN2O2. The molecule has 0 spiro atoms. The number of benzene rings is 1. The number of piperidine rings is 1. The Balaban J connectivity index is 1.43. The maximum atomic E-state index is 13.0. The van der Waals surface area contributed by atoms with Gasteiger partial charge in [-0.2, -0.15) is 0 Å². The van der Waals surface area contributed by atoms with Crippen molar-refractivity contribution in [3.05, 3.63) is 35.6 Å². The molecule has 0 unspecified atom stereocenters. The molecule has 0 aliphatic carbocycles. The molecule has 2 heterocycles. The normalized spacial score (nSPS) is 21.0. The third-order valence-electron chi connectivity index (χ3n) is 5.39. The van der Waals surface area contributed by atoms with Gasteiger partial charge in [0.2, 0.25) is 11.8 Å². The second-order valence-corrected chi connectivity index (χ2v) is 7.25. The van der Waals surface area contributed by atoms with E-state index < -0.39 is 0 Å². The highest BCUT2D eigenvalue weighted by Crippen LogP contribution is 2.22. The molecule has 2 aliphatic heterocycles. The fourth-order valence-corrected chi connectivity index (χ4v) is 3.88. The van der Waals surface area contributed by atoms with Crippen LogP contribution in [0.15, 0.2) is 24.3 Å². The number of hydrogen-bond acceptors (Lipinski definition) is 2. The molecule has 25 heavy (non-hydrogen) atoms. The Kier molecular flexibility index (Phi) is 6.05. The van der Waals surface area contributed by atoms with Crippen molar-refractivity contribution in [3.63, 3.8) is 0 Å². The second kappa shape index (κ2) is 8.45. The highest BCUT2D eigenvalue weighted by atomic mass is 19.1. The van der Waals surface area contributed by atoms with E-state index in [0.29, 0.717) is 25.3 Å². The number of amides is 2. The van der Waals surface area contributed by atoms with Crippen molar-refractivity contribution >= 4 is 11.8 Å². The van der Waals surface area contributed by atoms with E-state index in [1.54, 1.807) is 0 Å². The van der Waals surface area contributed by atoms with Gasteiger partial charge in [-0.15, -0.1) is 0 Å². The number of nitrogens with zero attached hydrogens (tertiary/aromatic N) is 2. The zero-order valence-electron chi connectivity index (χ0n) is 14.8. The molecule has 1 atom stereocenters. The van der Waals surface area contributed by atoms with Crippen LogP contribution >= 0.6 is 0 Å². The Morgan fingerprint density at radius 1 is 1.16 bits per heavy atom. The first-order valence-corrected chi connectivity index (χ1v) is 9.42. The summed E-state index contributed by atoms with van der Waals surface area (Å²) in [7, 11) is 0. The van der Waals surface area contributed by atoms with E-state index >= 15 is 0 Å². The molecule has 2 saturated heterocycles. The van der Waals surface area contributed by atoms with Crippen LogP contribution in [0, 0.1) is 11.7 Å². The lowest BCUT2D eigenvalue weighted by atomic mass is 9.91. The Morgan fingerprint density at radius 2 is 1.96 bits per heavy atom. The molecule has 1 aromatic carbocycles. The molecule has 2 fully saturated rings. The zero-order chi connectivity index (χ0) is 17.6. The maximum Gasteiger partial charge on any atom is 0.224 e. The summed E-state index contributed by atoms with van der Waals surface area (Å²) >= 11 is 0. The van der Waals surface area contributed by atoms with Crippen LogP contribution in [0.4, 0.5) is 4.39 Å². The number of likely N-dealkylation sites (tertiary alicyclic amines) is 2. The number of aryl methyl sites for hydroxylation is 1. The average molecular weight is 346 g/mol. The topological polar surface area (TPSA) is 40.6 Å². The lowest BCUT2D eigenvalue weighted by Gasteiger charge is -2.33. The number of carbonyl (C=O) groups excluding carboxylic acids is 2. The van der Waals surface area contributed by atoms with E-state index in [0.717, 1.165) is 57.3 Å². The van der Waals surface area contributed by atoms with Crippen LogP contribution in [0.1, 0.15) is 44.1 Å². The molecule has 0 radical (unpaired) electrons. The first-order chi connectivity index (χ1) is 12.1. The molecule has 0 N–H and O–H groups in total. The van der Waals surface area contributed by atoms with Crippen molar-refractivity contribution in [1.29, 1.82) is 0 Å². The largest absolute Gasteiger partial charge is 0.342 e. The zero-order valence-corrected chi connectivity index (χ0v) is 14.8. The summed E-state index contributed by atoms with van der Waals surface area (Å²) in [5.74, 6) is 0.667. The lowest BCUT2D eigenvalue weighted by molar-refractivity contribution is -0.134. The minimum Gasteiger partial charge on any atom is -0.342 e. The predicted octanol–water partition coefficient (Wildman–Crippen LogP) is 3.01. The monoisotopic (exact) mass is 346 g/mol. The fourth-order valence-electron chi connectivity index (χ4n) is 3.88. The van der Waals surface area contributed by atoms with Gasteiger partial charge in [-0.1, -0.05) is 12.1 Å². The van der Waals surface area contributed by atoms with Crippen LogP contribution in [-0.4, -0.2) is 47.8 Å². The van der Waals surface area contributed by atoms with E-state index in [-0.39, 0.29) is 17.6 Å². The highest BCUT2D eigenvalue weighted by Gasteiger charge is 2.25. The van der Waals surface area contributed by atoms with Crippen molar-refractivity contribution in [2.45, 2.75) is 44.9 Å². The van der Waals surface area contributed by atoms with Gasteiger partial charge in [0.15, 0.2) is 0 Å². The minimum absolute atomic E-state index is 0.172. The molecule has 5 heteroatoms. The van der Waals surface area contributed by atoms with Crippen LogP contribution in [0.25, 0.3) is 0 Å². The van der Waals surface area contributed by atoms with Crippen LogP contribution in [0.5, 0.6) is 0 Å². The Bertz CT molecular complexity index is 602. The standard InChI is InChI=1S/C20H27FN2O2/c21-18-9-7-16(8-10-18)5-6-17-3-1-13-23(15-17)20(25)11-14-22-12-2-4-19(22)24/h7-10,17H,1-6,11-15H2/t17-/m0/s1. The second-order valence-electron chi connectivity index (χ2n) is 7.25. The van der Waals surface area contributed by atoms with E-state index in [1.807, 2.05) is 21.9 Å². The third kappa shape index (κ3) is 5.03. The smallest absolute Gasteiger partial charge is 0.224 e. The van der Waals surface area contributed by atoms with Crippen molar-refractivity contribution in [1.82, 2.24) is 9.80 Å². The number of carbonyl (C=O) groups is 2. The van der Waals surface area contributed by atoms with Crippen molar-refractivity contribution < 1.29 is 14.0 Å². The van der Waals surface area contributed by atoms with Crippen molar-refractivity contribution in [3.8, 4) is 0 Å². The molecule has 2 aliphatic rings. The van der Waals surface area contributed by atoms with E-state index in [1.165, 1.54) is 12.1 Å². The summed E-state index contributed by atoms with van der Waals surface area (Å²) in [6.07, 6.45) is 6.13. The minimum atomic E-state index is -0.199. The van der Waals surface area contributed by atoms with Gasteiger partial charge in [-0.25, -0.2) is 4.39 Å². The number of halogens is 1. The fraction of sp³-hybridized carbons (Fsp3) is 0.600. The molecule has 2 amide bonds. The molecule has 0 saturated carbocycles. The van der Waals surface area contributed by atoms with E-state index in [9.17, 15) is 14.0 Å². The van der Waals surface area contributed by atoms with Crippen LogP contribution in [0.2, 0.25) is 0 Å². The average Bonchev–Trinajstić information content (AvgIpc) is 3.04. The molecule has 0 bridgehead atoms. The number of hydrogen-bond donors (Lipinski definition) is 0. The summed E-state index contributed by atoms with van der Waals surface area (Å²) in [4.78, 5) is 27.9. The SMILES string of the molecule is O=C1CCCN1CCC(=O)N1CCC[C@@H](CCc2ccc(F)cc2)C1. The van der Waals surface area contributed by atoms with Gasteiger partial charge >= 0.3 is 0 Å². The molecule has 3 rings (SSSR count). The molecule has 4 nitrogen and oxygen atoms in total. The third-order valence-corrected chi connectivity index (χ3v) is 5.39. The predicted molar refractivity (Wildman–Crippen MR) is 94.5 cm³/mol. The van der Waals surface area contributed by atoms with Crippen LogP contribution in [0.3, 0.4) is 0 Å². The van der Waals surface area contributed by atoms with Crippen LogP contribution in [-0.2, 0) is 16.0 Å². The summed E-state index contributed by atoms with van der Waals surface area (Å²) < 4.78 is 13.0.